The van der Waals surface area contributed by atoms with E-state index in [1.165, 1.54) is 5.56 Å². The number of thiazole rings is 1. The normalized spacial score (nSPS) is 11.3. The molecular weight excluding hydrogens is 290 g/mol. The monoisotopic (exact) mass is 301 g/mol. The number of aromatic nitrogens is 1. The minimum atomic E-state index is 0.719. The van der Waals surface area contributed by atoms with Gasteiger partial charge in [-0.05, 0) is 42.3 Å². The van der Waals surface area contributed by atoms with Crippen LogP contribution in [0.4, 0.5) is 5.13 Å². The van der Waals surface area contributed by atoms with Gasteiger partial charge in [0, 0.05) is 5.02 Å². The van der Waals surface area contributed by atoms with Crippen LogP contribution in [0.1, 0.15) is 11.1 Å². The van der Waals surface area contributed by atoms with E-state index >= 15 is 0 Å². The molecule has 0 aliphatic heterocycles. The lowest BCUT2D eigenvalue weighted by atomic mass is 10.2. The van der Waals surface area contributed by atoms with E-state index in [1.807, 2.05) is 30.3 Å². The molecular formula is C15H12ClN3S. The molecule has 0 aliphatic carbocycles. The van der Waals surface area contributed by atoms with Crippen molar-refractivity contribution in [1.82, 2.24) is 4.98 Å². The third-order valence-electron chi connectivity index (χ3n) is 2.79. The second-order valence-corrected chi connectivity index (χ2v) is 5.88. The maximum atomic E-state index is 5.83. The van der Waals surface area contributed by atoms with Crippen LogP contribution in [0.3, 0.4) is 0 Å². The van der Waals surface area contributed by atoms with Crippen molar-refractivity contribution in [3.05, 3.63) is 58.6 Å². The lowest BCUT2D eigenvalue weighted by molar-refractivity contribution is 1.31. The molecule has 3 aromatic rings. The van der Waals surface area contributed by atoms with Crippen LogP contribution >= 0.6 is 22.9 Å². The van der Waals surface area contributed by atoms with Gasteiger partial charge < -0.3 is 0 Å². The van der Waals surface area contributed by atoms with E-state index < -0.39 is 0 Å². The Hall–Kier alpha value is -1.91. The minimum absolute atomic E-state index is 0.719. The zero-order valence-electron chi connectivity index (χ0n) is 10.8. The number of anilines is 1. The van der Waals surface area contributed by atoms with Crippen molar-refractivity contribution in [3.63, 3.8) is 0 Å². The highest BCUT2D eigenvalue weighted by molar-refractivity contribution is 7.22. The summed E-state index contributed by atoms with van der Waals surface area (Å²) in [4.78, 5) is 4.47. The van der Waals surface area contributed by atoms with E-state index in [0.717, 1.165) is 25.9 Å². The number of nitrogens with zero attached hydrogens (tertiary/aromatic N) is 2. The average Bonchev–Trinajstić information content (AvgIpc) is 2.83. The van der Waals surface area contributed by atoms with Gasteiger partial charge in [-0.2, -0.15) is 5.10 Å². The number of rotatable bonds is 3. The number of benzene rings is 2. The molecule has 3 nitrogen and oxygen atoms in total. The first kappa shape index (κ1) is 13.1. The van der Waals surface area contributed by atoms with Crippen molar-refractivity contribution >= 4 is 44.5 Å². The van der Waals surface area contributed by atoms with Crippen LogP contribution < -0.4 is 5.43 Å². The number of fused-ring (bicyclic) bond motifs is 1. The van der Waals surface area contributed by atoms with Crippen LogP contribution in [-0.4, -0.2) is 11.2 Å². The predicted octanol–water partition coefficient (Wildman–Crippen LogP) is 4.70. The molecule has 0 atom stereocenters. The molecule has 0 radical (unpaired) electrons. The van der Waals surface area contributed by atoms with Crippen molar-refractivity contribution in [1.29, 1.82) is 0 Å². The second-order valence-electron chi connectivity index (χ2n) is 4.41. The van der Waals surface area contributed by atoms with Gasteiger partial charge >= 0.3 is 0 Å². The highest BCUT2D eigenvalue weighted by atomic mass is 35.5. The number of halogens is 1. The fraction of sp³-hybridized carbons (Fsp3) is 0.0667. The molecule has 1 aromatic heterocycles. The van der Waals surface area contributed by atoms with Crippen molar-refractivity contribution in [2.24, 2.45) is 5.10 Å². The van der Waals surface area contributed by atoms with E-state index in [4.69, 9.17) is 11.6 Å². The van der Waals surface area contributed by atoms with Gasteiger partial charge in [0.2, 0.25) is 5.13 Å². The summed E-state index contributed by atoms with van der Waals surface area (Å²) >= 11 is 7.42. The van der Waals surface area contributed by atoms with Crippen LogP contribution in [0.5, 0.6) is 0 Å². The van der Waals surface area contributed by atoms with Gasteiger partial charge in [0.25, 0.3) is 0 Å². The topological polar surface area (TPSA) is 37.3 Å². The van der Waals surface area contributed by atoms with Crippen LogP contribution in [-0.2, 0) is 0 Å². The summed E-state index contributed by atoms with van der Waals surface area (Å²) in [5, 5.41) is 5.70. The van der Waals surface area contributed by atoms with Crippen molar-refractivity contribution in [2.45, 2.75) is 6.92 Å². The maximum absolute atomic E-state index is 5.83. The van der Waals surface area contributed by atoms with Crippen molar-refractivity contribution in [2.75, 3.05) is 5.43 Å². The number of hydrogen-bond acceptors (Lipinski definition) is 4. The zero-order valence-corrected chi connectivity index (χ0v) is 12.4. The highest BCUT2D eigenvalue weighted by Gasteiger charge is 2.02. The van der Waals surface area contributed by atoms with Crippen LogP contribution in [0, 0.1) is 6.92 Å². The molecule has 1 N–H and O–H groups in total. The highest BCUT2D eigenvalue weighted by Crippen LogP contribution is 2.26. The summed E-state index contributed by atoms with van der Waals surface area (Å²) in [6.45, 7) is 2.07. The summed E-state index contributed by atoms with van der Waals surface area (Å²) in [6.07, 6.45) is 1.74. The average molecular weight is 302 g/mol. The zero-order chi connectivity index (χ0) is 13.9. The molecule has 0 spiro atoms. The first-order valence-electron chi connectivity index (χ1n) is 6.12. The molecule has 2 aromatic carbocycles. The lowest BCUT2D eigenvalue weighted by Gasteiger charge is -1.94. The molecule has 0 saturated carbocycles. The quantitative estimate of drug-likeness (QED) is 0.562. The van der Waals surface area contributed by atoms with Crippen LogP contribution in [0.15, 0.2) is 47.6 Å². The van der Waals surface area contributed by atoms with Gasteiger partial charge in [0.15, 0.2) is 0 Å². The SMILES string of the molecule is Cc1ccc2nc(NN=Cc3ccc(Cl)cc3)sc2c1. The summed E-state index contributed by atoms with van der Waals surface area (Å²) in [5.74, 6) is 0. The molecule has 20 heavy (non-hydrogen) atoms. The van der Waals surface area contributed by atoms with Gasteiger partial charge in [0.1, 0.15) is 0 Å². The minimum Gasteiger partial charge on any atom is -0.253 e. The van der Waals surface area contributed by atoms with E-state index in [-0.39, 0.29) is 0 Å². The first-order valence-corrected chi connectivity index (χ1v) is 7.32. The van der Waals surface area contributed by atoms with Gasteiger partial charge in [-0.1, -0.05) is 41.1 Å². The summed E-state index contributed by atoms with van der Waals surface area (Å²) in [7, 11) is 0. The van der Waals surface area contributed by atoms with Crippen molar-refractivity contribution in [3.8, 4) is 0 Å². The summed E-state index contributed by atoms with van der Waals surface area (Å²) < 4.78 is 1.16. The maximum Gasteiger partial charge on any atom is 0.204 e. The largest absolute Gasteiger partial charge is 0.253 e. The molecule has 0 fully saturated rings. The standard InChI is InChI=1S/C15H12ClN3S/c1-10-2-7-13-14(8-10)20-15(18-13)19-17-9-11-3-5-12(16)6-4-11/h2-9H,1H3,(H,18,19). The lowest BCUT2D eigenvalue weighted by Crippen LogP contribution is -1.89. The van der Waals surface area contributed by atoms with Crippen molar-refractivity contribution < 1.29 is 0 Å². The molecule has 3 rings (SSSR count). The van der Waals surface area contributed by atoms with Gasteiger partial charge in [-0.25, -0.2) is 4.98 Å². The summed E-state index contributed by atoms with van der Waals surface area (Å²) in [5.41, 5.74) is 6.17. The van der Waals surface area contributed by atoms with Gasteiger partial charge in [-0.3, -0.25) is 5.43 Å². The van der Waals surface area contributed by atoms with Gasteiger partial charge in [0.05, 0.1) is 16.4 Å². The fourth-order valence-corrected chi connectivity index (χ4v) is 2.83. The van der Waals surface area contributed by atoms with E-state index in [9.17, 15) is 0 Å². The van der Waals surface area contributed by atoms with Crippen LogP contribution in [0.25, 0.3) is 10.2 Å². The predicted molar refractivity (Wildman–Crippen MR) is 87.0 cm³/mol. The molecule has 0 aliphatic rings. The Balaban J connectivity index is 1.74. The second kappa shape index (κ2) is 5.61. The Labute approximate surface area is 125 Å². The van der Waals surface area contributed by atoms with E-state index in [2.05, 4.69) is 34.6 Å². The van der Waals surface area contributed by atoms with Gasteiger partial charge in [-0.15, -0.1) is 0 Å². The number of aryl methyl sites for hydroxylation is 1. The number of hydrazone groups is 1. The summed E-state index contributed by atoms with van der Waals surface area (Å²) in [6, 6.07) is 13.7. The Morgan fingerprint density at radius 2 is 2.00 bits per heavy atom. The Kier molecular flexibility index (Phi) is 3.67. The Morgan fingerprint density at radius 3 is 2.80 bits per heavy atom. The molecule has 0 bridgehead atoms. The first-order chi connectivity index (χ1) is 9.70. The molecule has 100 valence electrons. The molecule has 5 heteroatoms. The smallest absolute Gasteiger partial charge is 0.204 e. The Morgan fingerprint density at radius 1 is 1.20 bits per heavy atom. The molecule has 0 unspecified atom stereocenters. The molecule has 0 saturated heterocycles. The van der Waals surface area contributed by atoms with E-state index in [1.54, 1.807) is 17.6 Å². The van der Waals surface area contributed by atoms with E-state index in [0.29, 0.717) is 0 Å². The third-order valence-corrected chi connectivity index (χ3v) is 3.96. The van der Waals surface area contributed by atoms with Crippen LogP contribution in [0.2, 0.25) is 5.02 Å². The molecule has 0 amide bonds. The number of nitrogens with one attached hydrogen (secondary N) is 1. The fourth-order valence-electron chi connectivity index (χ4n) is 1.79. The Bertz CT molecular complexity index is 762. The number of hydrogen-bond donors (Lipinski definition) is 1. The third kappa shape index (κ3) is 2.98. The molecule has 1 heterocycles.